The molecule has 1 heterocycles. The van der Waals surface area contributed by atoms with Gasteiger partial charge in [-0.15, -0.1) is 0 Å². The molecular weight excluding hydrogens is 436 g/mol. The molecule has 7 atom stereocenters. The number of carbonyl (C=O) groups is 3. The molecule has 0 amide bonds. The average molecular weight is 479 g/mol. The second kappa shape index (κ2) is 8.65. The first kappa shape index (κ1) is 26.7. The van der Waals surface area contributed by atoms with Gasteiger partial charge in [0.15, 0.2) is 5.78 Å². The molecule has 1 saturated heterocycles. The second-order valence-electron chi connectivity index (χ2n) is 11.9. The Kier molecular flexibility index (Phi) is 6.79. The predicted octanol–water partition coefficient (Wildman–Crippen LogP) is 4.21. The lowest BCUT2D eigenvalue weighted by Crippen LogP contribution is -2.62. The molecule has 0 radical (unpaired) electrons. The van der Waals surface area contributed by atoms with E-state index in [0.29, 0.717) is 24.2 Å². The molecule has 34 heavy (non-hydrogen) atoms. The Morgan fingerprint density at radius 2 is 1.76 bits per heavy atom. The lowest BCUT2D eigenvalue weighted by molar-refractivity contribution is -0.205. The Morgan fingerprint density at radius 1 is 1.15 bits per heavy atom. The van der Waals surface area contributed by atoms with E-state index in [2.05, 4.69) is 20.8 Å². The third-order valence-electron chi connectivity index (χ3n) is 9.73. The molecule has 7 unspecified atom stereocenters. The topological polar surface area (TPSA) is 99.1 Å². The smallest absolute Gasteiger partial charge is 0.316 e. The molecule has 192 valence electrons. The Labute approximate surface area is 203 Å². The number of fused-ring (bicyclic) bond motifs is 1. The Balaban J connectivity index is 2.19. The zero-order valence-electron chi connectivity index (χ0n) is 22.2. The fourth-order valence-corrected chi connectivity index (χ4v) is 7.61. The van der Waals surface area contributed by atoms with Crippen LogP contribution in [0.3, 0.4) is 0 Å². The van der Waals surface area contributed by atoms with E-state index >= 15 is 0 Å². The van der Waals surface area contributed by atoms with E-state index in [1.54, 1.807) is 6.92 Å². The number of hydrogen-bond acceptors (Lipinski definition) is 7. The van der Waals surface area contributed by atoms with Crippen LogP contribution in [0.2, 0.25) is 0 Å². The van der Waals surface area contributed by atoms with Crippen LogP contribution in [0.4, 0.5) is 0 Å². The van der Waals surface area contributed by atoms with Crippen molar-refractivity contribution in [1.29, 1.82) is 0 Å². The molecule has 0 aromatic heterocycles. The molecule has 0 bridgehead atoms. The summed E-state index contributed by atoms with van der Waals surface area (Å²) in [5, 5.41) is 11.2. The van der Waals surface area contributed by atoms with Gasteiger partial charge in [-0.2, -0.15) is 0 Å². The number of Topliss-reactive ketones (excluding diaryl/α,β-unsaturated/α-hetero) is 1. The van der Waals surface area contributed by atoms with Gasteiger partial charge in [0.1, 0.15) is 17.3 Å². The summed E-state index contributed by atoms with van der Waals surface area (Å²) in [6.07, 6.45) is 2.96. The van der Waals surface area contributed by atoms with Crippen molar-refractivity contribution in [2.45, 2.75) is 91.8 Å². The van der Waals surface area contributed by atoms with Crippen LogP contribution in [-0.2, 0) is 28.6 Å². The van der Waals surface area contributed by atoms with Gasteiger partial charge in [0.05, 0.1) is 19.8 Å². The van der Waals surface area contributed by atoms with Gasteiger partial charge in [-0.25, -0.2) is 0 Å². The standard InChI is InChI=1S/C27H42O7/c1-15-10-11-18(24(4,5)31)26(7,13-12-19(28)32-8)27(15)14-25(6)17(3)20(23(30)33-9)21(29)16(2)22(25)34-27/h15,17-18,20,31H,10-14H2,1-9H3. The number of esters is 2. The molecule has 1 aliphatic heterocycles. The summed E-state index contributed by atoms with van der Waals surface area (Å²) in [5.41, 5.74) is -2.36. The molecule has 0 aromatic carbocycles. The monoisotopic (exact) mass is 478 g/mol. The largest absolute Gasteiger partial charge is 0.490 e. The number of allylic oxidation sites excluding steroid dienone is 2. The maximum absolute atomic E-state index is 13.3. The van der Waals surface area contributed by atoms with Crippen LogP contribution in [0.5, 0.6) is 0 Å². The van der Waals surface area contributed by atoms with E-state index in [1.165, 1.54) is 14.2 Å². The first-order chi connectivity index (χ1) is 15.6. The zero-order valence-corrected chi connectivity index (χ0v) is 22.2. The number of rotatable bonds is 5. The molecule has 1 N–H and O–H groups in total. The summed E-state index contributed by atoms with van der Waals surface area (Å²) in [6.45, 7) is 13.7. The van der Waals surface area contributed by atoms with Crippen LogP contribution in [-0.4, -0.2) is 48.3 Å². The molecule has 0 aromatic rings. The highest BCUT2D eigenvalue weighted by Crippen LogP contribution is 2.69. The number of ether oxygens (including phenoxy) is 3. The van der Waals surface area contributed by atoms with Crippen LogP contribution >= 0.6 is 0 Å². The van der Waals surface area contributed by atoms with Crippen LogP contribution in [0.1, 0.15) is 80.6 Å². The van der Waals surface area contributed by atoms with Crippen molar-refractivity contribution in [3.05, 3.63) is 11.3 Å². The summed E-state index contributed by atoms with van der Waals surface area (Å²) in [7, 11) is 2.69. The second-order valence-corrected chi connectivity index (χ2v) is 11.9. The fraction of sp³-hybridized carbons (Fsp3) is 0.815. The third kappa shape index (κ3) is 3.69. The Morgan fingerprint density at radius 3 is 2.29 bits per heavy atom. The van der Waals surface area contributed by atoms with Gasteiger partial charge in [-0.1, -0.05) is 27.7 Å². The van der Waals surface area contributed by atoms with Crippen molar-refractivity contribution >= 4 is 17.7 Å². The number of methoxy groups -OCH3 is 2. The quantitative estimate of drug-likeness (QED) is 0.467. The number of ketones is 1. The van der Waals surface area contributed by atoms with E-state index in [-0.39, 0.29) is 35.9 Å². The van der Waals surface area contributed by atoms with Gasteiger partial charge < -0.3 is 19.3 Å². The Hall–Kier alpha value is -1.89. The molecule has 3 rings (SSSR count). The lowest BCUT2D eigenvalue weighted by Gasteiger charge is -2.59. The van der Waals surface area contributed by atoms with Crippen molar-refractivity contribution in [1.82, 2.24) is 0 Å². The molecular formula is C27H42O7. The van der Waals surface area contributed by atoms with Gasteiger partial charge in [-0.3, -0.25) is 14.4 Å². The van der Waals surface area contributed by atoms with E-state index in [4.69, 9.17) is 14.2 Å². The van der Waals surface area contributed by atoms with Gasteiger partial charge in [0.25, 0.3) is 0 Å². The van der Waals surface area contributed by atoms with E-state index in [9.17, 15) is 19.5 Å². The van der Waals surface area contributed by atoms with Crippen LogP contribution in [0.25, 0.3) is 0 Å². The molecule has 7 heteroatoms. The minimum Gasteiger partial charge on any atom is -0.490 e. The maximum atomic E-state index is 13.3. The predicted molar refractivity (Wildman–Crippen MR) is 126 cm³/mol. The molecule has 2 aliphatic carbocycles. The molecule has 3 aliphatic rings. The minimum atomic E-state index is -0.991. The normalized spacial score (nSPS) is 40.1. The fourth-order valence-electron chi connectivity index (χ4n) is 7.61. The first-order valence-corrected chi connectivity index (χ1v) is 12.4. The summed E-state index contributed by atoms with van der Waals surface area (Å²) in [5.74, 6) is -1.61. The van der Waals surface area contributed by atoms with Crippen LogP contribution in [0, 0.1) is 34.5 Å². The highest BCUT2D eigenvalue weighted by atomic mass is 16.5. The van der Waals surface area contributed by atoms with Crippen molar-refractivity contribution in [3.63, 3.8) is 0 Å². The summed E-state index contributed by atoms with van der Waals surface area (Å²) in [6, 6.07) is 0. The molecule has 1 saturated carbocycles. The van der Waals surface area contributed by atoms with Gasteiger partial charge in [0.2, 0.25) is 0 Å². The van der Waals surface area contributed by atoms with Crippen LogP contribution in [0.15, 0.2) is 11.3 Å². The summed E-state index contributed by atoms with van der Waals surface area (Å²) in [4.78, 5) is 38.1. The van der Waals surface area contributed by atoms with Crippen LogP contribution < -0.4 is 0 Å². The minimum absolute atomic E-state index is 0.121. The SMILES string of the molecule is COC(=O)CCC1(C)C(C(C)(C)O)CCC(C)C12CC1(C)C(=C(C)C(=O)C(C(=O)OC)C1C)O2. The number of carbonyl (C=O) groups excluding carboxylic acids is 3. The highest BCUT2D eigenvalue weighted by Gasteiger charge is 2.70. The molecule has 1 spiro atoms. The first-order valence-electron chi connectivity index (χ1n) is 12.4. The van der Waals surface area contributed by atoms with Crippen molar-refractivity contribution in [2.24, 2.45) is 34.5 Å². The molecule has 7 nitrogen and oxygen atoms in total. The van der Waals surface area contributed by atoms with Crippen molar-refractivity contribution in [3.8, 4) is 0 Å². The zero-order chi connectivity index (χ0) is 25.9. The number of aliphatic hydroxyl groups is 1. The summed E-state index contributed by atoms with van der Waals surface area (Å²) >= 11 is 0. The van der Waals surface area contributed by atoms with E-state index in [1.807, 2.05) is 20.8 Å². The van der Waals surface area contributed by atoms with Gasteiger partial charge in [0, 0.05) is 29.2 Å². The van der Waals surface area contributed by atoms with E-state index in [0.717, 1.165) is 12.8 Å². The van der Waals surface area contributed by atoms with Crippen molar-refractivity contribution in [2.75, 3.05) is 14.2 Å². The Bertz CT molecular complexity index is 899. The average Bonchev–Trinajstić information content (AvgIpc) is 3.10. The maximum Gasteiger partial charge on any atom is 0.316 e. The van der Waals surface area contributed by atoms with E-state index < -0.39 is 33.9 Å². The third-order valence-corrected chi connectivity index (χ3v) is 9.73. The molecule has 2 fully saturated rings. The summed E-state index contributed by atoms with van der Waals surface area (Å²) < 4.78 is 16.9. The lowest BCUT2D eigenvalue weighted by atomic mass is 9.47. The highest BCUT2D eigenvalue weighted by molar-refractivity contribution is 6.09. The number of hydrogen-bond donors (Lipinski definition) is 1. The van der Waals surface area contributed by atoms with Gasteiger partial charge >= 0.3 is 11.9 Å². The van der Waals surface area contributed by atoms with Gasteiger partial charge in [-0.05, 0) is 57.8 Å². The van der Waals surface area contributed by atoms with Crippen molar-refractivity contribution < 1.29 is 33.7 Å².